The van der Waals surface area contributed by atoms with Gasteiger partial charge in [-0.15, -0.1) is 11.3 Å². The second-order valence-electron chi connectivity index (χ2n) is 15.3. The smallest absolute Gasteiger partial charge is 0.248 e. The van der Waals surface area contributed by atoms with Crippen LogP contribution in [0.2, 0.25) is 0 Å². The molecule has 3 heteroatoms. The number of rotatable bonds is 5. The van der Waals surface area contributed by atoms with E-state index in [0.29, 0.717) is 0 Å². The molecule has 2 aliphatic rings. The Kier molecular flexibility index (Phi) is 7.26. The molecular formula is C54H34BNS. The summed E-state index contributed by atoms with van der Waals surface area (Å²) in [5.41, 5.74) is 20.2. The van der Waals surface area contributed by atoms with E-state index in [-0.39, 0.29) is 6.71 Å². The number of hydrogen-bond donors (Lipinski definition) is 0. The summed E-state index contributed by atoms with van der Waals surface area (Å²) in [6, 6.07) is 76.5. The number of benzene rings is 9. The van der Waals surface area contributed by atoms with Crippen molar-refractivity contribution >= 4 is 71.7 Å². The van der Waals surface area contributed by atoms with Crippen LogP contribution in [0.5, 0.6) is 0 Å². The predicted octanol–water partition coefficient (Wildman–Crippen LogP) is 13.0. The number of hydrogen-bond acceptors (Lipinski definition) is 2. The molecule has 1 nitrogen and oxygen atoms in total. The van der Waals surface area contributed by atoms with Crippen molar-refractivity contribution < 1.29 is 0 Å². The monoisotopic (exact) mass is 739 g/mol. The minimum Gasteiger partial charge on any atom is -0.311 e. The maximum atomic E-state index is 2.53. The van der Waals surface area contributed by atoms with Gasteiger partial charge in [0.1, 0.15) is 0 Å². The van der Waals surface area contributed by atoms with E-state index < -0.39 is 0 Å². The summed E-state index contributed by atoms with van der Waals surface area (Å²) in [6.07, 6.45) is 0. The first kappa shape index (κ1) is 32.3. The zero-order chi connectivity index (χ0) is 37.5. The maximum Gasteiger partial charge on any atom is 0.248 e. The van der Waals surface area contributed by atoms with Gasteiger partial charge >= 0.3 is 0 Å². The lowest BCUT2D eigenvalue weighted by Gasteiger charge is -2.36. The van der Waals surface area contributed by atoms with E-state index in [1.165, 1.54) is 104 Å². The maximum absolute atomic E-state index is 2.53. The summed E-state index contributed by atoms with van der Waals surface area (Å²) in [7, 11) is 0. The molecule has 10 aromatic rings. The first-order chi connectivity index (χ1) is 28.2. The highest BCUT2D eigenvalue weighted by Gasteiger charge is 2.43. The Bertz CT molecular complexity index is 3170. The largest absolute Gasteiger partial charge is 0.311 e. The standard InChI is InChI=1S/C54H34BNS/c1-4-12-35(13-5-1)38-20-25-43(26-21-38)56-50-28-23-41(37-16-8-3-9-17-37)33-49(50)55-48-32-40(36-14-6-2-7-15-36)22-27-44(48)47-31-42(34-51(56)54(47)55)39-24-29-53-46(30-39)45-18-10-11-19-52(45)57-53/h1-34H. The molecular weight excluding hydrogens is 705 g/mol. The first-order valence-corrected chi connectivity index (χ1v) is 20.5. The highest BCUT2D eigenvalue weighted by molar-refractivity contribution is 7.25. The summed E-state index contributed by atoms with van der Waals surface area (Å²) in [4.78, 5) is 2.53. The molecule has 3 heterocycles. The van der Waals surface area contributed by atoms with Crippen LogP contribution in [-0.4, -0.2) is 6.71 Å². The van der Waals surface area contributed by atoms with Crippen LogP contribution in [0.15, 0.2) is 206 Å². The quantitative estimate of drug-likeness (QED) is 0.159. The van der Waals surface area contributed by atoms with Crippen molar-refractivity contribution in [2.75, 3.05) is 4.90 Å². The van der Waals surface area contributed by atoms with Crippen molar-refractivity contribution in [1.82, 2.24) is 0 Å². The molecule has 0 atom stereocenters. The van der Waals surface area contributed by atoms with E-state index in [9.17, 15) is 0 Å². The molecule has 0 N–H and O–H groups in total. The van der Waals surface area contributed by atoms with Gasteiger partial charge in [0, 0.05) is 37.2 Å². The van der Waals surface area contributed by atoms with Gasteiger partial charge in [-0.25, -0.2) is 0 Å². The average molecular weight is 740 g/mol. The van der Waals surface area contributed by atoms with Crippen molar-refractivity contribution in [2.24, 2.45) is 0 Å². The van der Waals surface area contributed by atoms with Gasteiger partial charge in [-0.2, -0.15) is 0 Å². The Morgan fingerprint density at radius 1 is 0.333 bits per heavy atom. The summed E-state index contributed by atoms with van der Waals surface area (Å²) in [5.74, 6) is 0. The van der Waals surface area contributed by atoms with Crippen LogP contribution in [0.3, 0.4) is 0 Å². The van der Waals surface area contributed by atoms with Gasteiger partial charge in [0.2, 0.25) is 6.71 Å². The van der Waals surface area contributed by atoms with Gasteiger partial charge in [-0.1, -0.05) is 163 Å². The second-order valence-corrected chi connectivity index (χ2v) is 16.3. The molecule has 0 unspecified atom stereocenters. The van der Waals surface area contributed by atoms with Crippen molar-refractivity contribution in [3.05, 3.63) is 206 Å². The predicted molar refractivity (Wildman–Crippen MR) is 246 cm³/mol. The van der Waals surface area contributed by atoms with Crippen LogP contribution in [-0.2, 0) is 0 Å². The normalized spacial score (nSPS) is 12.5. The van der Waals surface area contributed by atoms with Gasteiger partial charge in [-0.3, -0.25) is 0 Å². The van der Waals surface area contributed by atoms with E-state index >= 15 is 0 Å². The van der Waals surface area contributed by atoms with Crippen molar-refractivity contribution in [3.63, 3.8) is 0 Å². The Morgan fingerprint density at radius 3 is 1.60 bits per heavy atom. The Hall–Kier alpha value is -6.94. The molecule has 0 aliphatic carbocycles. The molecule has 9 aromatic carbocycles. The lowest BCUT2D eigenvalue weighted by atomic mass is 9.37. The van der Waals surface area contributed by atoms with Crippen LogP contribution in [0, 0.1) is 0 Å². The molecule has 264 valence electrons. The number of fused-ring (bicyclic) bond motifs is 8. The minimum absolute atomic E-state index is 0.0875. The van der Waals surface area contributed by atoms with E-state index in [0.717, 1.165) is 5.69 Å². The minimum atomic E-state index is 0.0875. The molecule has 0 saturated carbocycles. The third kappa shape index (κ3) is 5.16. The molecule has 2 aliphatic heterocycles. The topological polar surface area (TPSA) is 3.24 Å². The van der Waals surface area contributed by atoms with Crippen LogP contribution < -0.4 is 21.3 Å². The molecule has 57 heavy (non-hydrogen) atoms. The fourth-order valence-corrected chi connectivity index (χ4v) is 10.5. The van der Waals surface area contributed by atoms with Crippen molar-refractivity contribution in [2.45, 2.75) is 0 Å². The lowest BCUT2D eigenvalue weighted by molar-refractivity contribution is 1.30. The summed E-state index contributed by atoms with van der Waals surface area (Å²) in [5, 5.41) is 2.64. The Balaban J connectivity index is 1.12. The molecule has 0 spiro atoms. The number of nitrogens with zero attached hydrogens (tertiary/aromatic N) is 1. The molecule has 0 fully saturated rings. The SMILES string of the molecule is c1ccc(-c2ccc(N3c4ccc(-c5ccccc5)cc4B4c5cc(-c6ccccc6)ccc5-c5cc(-c6ccc7sc8ccccc8c7c6)cc3c54)cc2)cc1. The highest BCUT2D eigenvalue weighted by atomic mass is 32.1. The number of anilines is 3. The highest BCUT2D eigenvalue weighted by Crippen LogP contribution is 2.45. The zero-order valence-corrected chi connectivity index (χ0v) is 31.9. The van der Waals surface area contributed by atoms with Crippen LogP contribution in [0.4, 0.5) is 17.1 Å². The fraction of sp³-hybridized carbons (Fsp3) is 0. The number of thiophene rings is 1. The van der Waals surface area contributed by atoms with Gasteiger partial charge in [0.25, 0.3) is 0 Å². The van der Waals surface area contributed by atoms with E-state index in [2.05, 4.69) is 211 Å². The average Bonchev–Trinajstić information content (AvgIpc) is 3.83. The third-order valence-corrected chi connectivity index (χ3v) is 13.2. The lowest BCUT2D eigenvalue weighted by Crippen LogP contribution is -2.54. The fourth-order valence-electron chi connectivity index (χ4n) is 9.40. The van der Waals surface area contributed by atoms with E-state index in [1.807, 2.05) is 11.3 Å². The first-order valence-electron chi connectivity index (χ1n) is 19.7. The molecule has 0 radical (unpaired) electrons. The molecule has 0 saturated heterocycles. The van der Waals surface area contributed by atoms with Crippen molar-refractivity contribution in [3.8, 4) is 55.6 Å². The van der Waals surface area contributed by atoms with Gasteiger partial charge in [-0.05, 0) is 115 Å². The zero-order valence-electron chi connectivity index (χ0n) is 31.1. The summed E-state index contributed by atoms with van der Waals surface area (Å²) in [6.45, 7) is 0.0875. The Labute approximate surface area is 336 Å². The molecule has 0 amide bonds. The molecule has 12 rings (SSSR count). The van der Waals surface area contributed by atoms with Gasteiger partial charge in [0.05, 0.1) is 0 Å². The van der Waals surface area contributed by atoms with E-state index in [4.69, 9.17) is 0 Å². The second kappa shape index (κ2) is 12.8. The molecule has 1 aromatic heterocycles. The van der Waals surface area contributed by atoms with Gasteiger partial charge in [0.15, 0.2) is 0 Å². The third-order valence-electron chi connectivity index (χ3n) is 12.1. The summed E-state index contributed by atoms with van der Waals surface area (Å²) >= 11 is 1.87. The van der Waals surface area contributed by atoms with Crippen LogP contribution in [0.1, 0.15) is 0 Å². The summed E-state index contributed by atoms with van der Waals surface area (Å²) < 4.78 is 2.65. The Morgan fingerprint density at radius 2 is 0.877 bits per heavy atom. The van der Waals surface area contributed by atoms with E-state index in [1.54, 1.807) is 0 Å². The molecule has 0 bridgehead atoms. The van der Waals surface area contributed by atoms with Crippen molar-refractivity contribution in [1.29, 1.82) is 0 Å². The van der Waals surface area contributed by atoms with Crippen LogP contribution in [0.25, 0.3) is 75.8 Å². The van der Waals surface area contributed by atoms with Crippen LogP contribution >= 0.6 is 11.3 Å². The van der Waals surface area contributed by atoms with Gasteiger partial charge < -0.3 is 4.90 Å².